The van der Waals surface area contributed by atoms with E-state index in [0.717, 1.165) is 11.1 Å². The third kappa shape index (κ3) is 3.25. The lowest BCUT2D eigenvalue weighted by Gasteiger charge is -2.91. The van der Waals surface area contributed by atoms with Crippen molar-refractivity contribution in [1.29, 1.82) is 0 Å². The van der Waals surface area contributed by atoms with E-state index >= 15 is 0 Å². The fourth-order valence-electron chi connectivity index (χ4n) is 10.9. The van der Waals surface area contributed by atoms with Crippen molar-refractivity contribution in [2.24, 2.45) is 22.7 Å². The number of aliphatic hydroxyl groups excluding tert-OH is 2. The van der Waals surface area contributed by atoms with Crippen LogP contribution in [0.4, 0.5) is 9.59 Å². The summed E-state index contributed by atoms with van der Waals surface area (Å²) in [6, 6.07) is 36.5. The number of ether oxygens (including phenoxy) is 2. The van der Waals surface area contributed by atoms with Crippen LogP contribution in [0.25, 0.3) is 0 Å². The standard InChI is InChI=1S/C38H34N2O6/c41-21-37-29(23-13-5-1-6-14-23)27-31-38(22-42)30(24-15-7-2-8-16-24)28(33(37)39(31)35(43)45-25-17-9-3-10-18-25)34(37)40(32(27)38)36(44)46-26-19-11-4-12-20-26/h1-20,27-34,41-42H,21-22H2/t27?,28?,29-,30-,31?,32?,33?,34?,37?,38?/m0/s1. The molecule has 6 fully saturated rings. The first-order valence-electron chi connectivity index (χ1n) is 16.0. The van der Waals surface area contributed by atoms with E-state index in [4.69, 9.17) is 9.47 Å². The van der Waals surface area contributed by atoms with Crippen molar-refractivity contribution in [3.8, 4) is 11.5 Å². The number of hydrogen-bond donors (Lipinski definition) is 2. The maximum atomic E-state index is 14.3. The van der Waals surface area contributed by atoms with Gasteiger partial charge in [-0.2, -0.15) is 0 Å². The highest BCUT2D eigenvalue weighted by atomic mass is 16.6. The molecule has 4 saturated heterocycles. The van der Waals surface area contributed by atoms with Crippen molar-refractivity contribution < 1.29 is 29.3 Å². The summed E-state index contributed by atoms with van der Waals surface area (Å²) in [6.07, 6.45) is -0.968. The number of nitrogens with zero attached hydrogens (tertiary/aromatic N) is 2. The lowest BCUT2D eigenvalue weighted by Crippen LogP contribution is -3.02. The first-order chi connectivity index (χ1) is 22.6. The highest BCUT2D eigenvalue weighted by molar-refractivity contribution is 5.79. The molecule has 4 heterocycles. The molecule has 2 N–H and O–H groups in total. The summed E-state index contributed by atoms with van der Waals surface area (Å²) >= 11 is 0. The van der Waals surface area contributed by atoms with Crippen LogP contribution in [0.3, 0.4) is 0 Å². The van der Waals surface area contributed by atoms with Crippen molar-refractivity contribution >= 4 is 12.2 Å². The largest absolute Gasteiger partial charge is 0.415 e. The van der Waals surface area contributed by atoms with Crippen LogP contribution >= 0.6 is 0 Å². The first kappa shape index (κ1) is 27.6. The second-order valence-corrected chi connectivity index (χ2v) is 13.4. The van der Waals surface area contributed by atoms with E-state index < -0.39 is 47.2 Å². The number of para-hydroxylation sites is 2. The van der Waals surface area contributed by atoms with Gasteiger partial charge >= 0.3 is 12.2 Å². The molecule has 6 aliphatic rings. The van der Waals surface area contributed by atoms with E-state index in [1.54, 1.807) is 24.3 Å². The van der Waals surface area contributed by atoms with Gasteiger partial charge in [-0.05, 0) is 35.4 Å². The van der Waals surface area contributed by atoms with Gasteiger partial charge in [-0.1, -0.05) is 97.1 Å². The normalized spacial score (nSPS) is 35.6. The third-order valence-corrected chi connectivity index (χ3v) is 12.0. The van der Waals surface area contributed by atoms with Crippen molar-refractivity contribution in [3.63, 3.8) is 0 Å². The number of benzene rings is 4. The van der Waals surface area contributed by atoms with Gasteiger partial charge in [0, 0.05) is 34.5 Å². The second-order valence-electron chi connectivity index (χ2n) is 13.4. The molecule has 0 aromatic heterocycles. The Morgan fingerprint density at radius 1 is 0.522 bits per heavy atom. The molecule has 4 aromatic carbocycles. The zero-order valence-electron chi connectivity index (χ0n) is 25.0. The average molecular weight is 615 g/mol. The maximum absolute atomic E-state index is 14.3. The van der Waals surface area contributed by atoms with E-state index in [1.165, 1.54) is 0 Å². The van der Waals surface area contributed by atoms with Gasteiger partial charge in [-0.25, -0.2) is 9.59 Å². The monoisotopic (exact) mass is 614 g/mol. The van der Waals surface area contributed by atoms with Crippen LogP contribution in [0.1, 0.15) is 23.0 Å². The summed E-state index contributed by atoms with van der Waals surface area (Å²) in [5.74, 6) is 0.0523. The van der Waals surface area contributed by atoms with Crippen LogP contribution < -0.4 is 9.47 Å². The maximum Gasteiger partial charge on any atom is 0.415 e. The lowest BCUT2D eigenvalue weighted by atomic mass is 9.23. The van der Waals surface area contributed by atoms with Crippen LogP contribution in [0.15, 0.2) is 121 Å². The molecule has 46 heavy (non-hydrogen) atoms. The predicted octanol–water partition coefficient (Wildman–Crippen LogP) is 5.29. The van der Waals surface area contributed by atoms with E-state index in [1.807, 2.05) is 82.6 Å². The van der Waals surface area contributed by atoms with Crippen LogP contribution in [0.5, 0.6) is 11.5 Å². The third-order valence-electron chi connectivity index (χ3n) is 12.0. The Kier molecular flexibility index (Phi) is 5.96. The van der Waals surface area contributed by atoms with Gasteiger partial charge in [-0.3, -0.25) is 9.80 Å². The lowest BCUT2D eigenvalue weighted by molar-refractivity contribution is -0.405. The summed E-state index contributed by atoms with van der Waals surface area (Å²) in [5.41, 5.74) is 0.401. The Labute approximate surface area is 266 Å². The summed E-state index contributed by atoms with van der Waals surface area (Å²) in [4.78, 5) is 32.4. The van der Waals surface area contributed by atoms with Gasteiger partial charge in [-0.15, -0.1) is 0 Å². The van der Waals surface area contributed by atoms with Crippen LogP contribution in [0.2, 0.25) is 0 Å². The number of hydrogen-bond acceptors (Lipinski definition) is 6. The summed E-state index contributed by atoms with van der Waals surface area (Å²) < 4.78 is 12.0. The van der Waals surface area contributed by atoms with Crippen molar-refractivity contribution in [2.45, 2.75) is 36.0 Å². The minimum absolute atomic E-state index is 0.141. The molecule has 2 saturated carbocycles. The molecule has 4 aromatic rings. The number of rotatable bonds is 6. The fraction of sp³-hybridized carbons (Fsp3) is 0.316. The zero-order valence-corrected chi connectivity index (χ0v) is 25.0. The van der Waals surface area contributed by atoms with Gasteiger partial charge in [0.05, 0.1) is 37.4 Å². The minimum atomic E-state index is -0.871. The molecule has 8 nitrogen and oxygen atoms in total. The van der Waals surface area contributed by atoms with E-state index in [2.05, 4.69) is 24.3 Å². The SMILES string of the molecule is O=C(Oc1ccccc1)N1C2C3C4N(C(=O)Oc5ccccc5)C5C(C1C5(CO)[C@H]3c1ccccc1)[C@H](c1ccccc1)C24CO. The minimum Gasteiger partial charge on any atom is -0.410 e. The molecule has 0 radical (unpaired) electrons. The molecule has 0 spiro atoms. The Bertz CT molecular complexity index is 1630. The van der Waals surface area contributed by atoms with Crippen molar-refractivity contribution in [1.82, 2.24) is 9.80 Å². The Hall–Kier alpha value is -4.66. The van der Waals surface area contributed by atoms with Gasteiger partial charge in [0.2, 0.25) is 0 Å². The quantitative estimate of drug-likeness (QED) is 0.306. The molecular formula is C38H34N2O6. The van der Waals surface area contributed by atoms with Crippen molar-refractivity contribution in [3.05, 3.63) is 132 Å². The molecule has 4 aliphatic heterocycles. The Balaban J connectivity index is 1.24. The zero-order chi connectivity index (χ0) is 31.2. The van der Waals surface area contributed by atoms with Gasteiger partial charge in [0.25, 0.3) is 0 Å². The van der Waals surface area contributed by atoms with Gasteiger partial charge in [0.15, 0.2) is 0 Å². The molecule has 2 amide bonds. The fourth-order valence-corrected chi connectivity index (χ4v) is 10.9. The number of piperidine rings is 4. The molecular weight excluding hydrogens is 580 g/mol. The topological polar surface area (TPSA) is 99.5 Å². The smallest absolute Gasteiger partial charge is 0.410 e. The van der Waals surface area contributed by atoms with Crippen LogP contribution in [-0.4, -0.2) is 69.6 Å². The summed E-state index contributed by atoms with van der Waals surface area (Å²) in [5, 5.41) is 23.2. The van der Waals surface area contributed by atoms with E-state index in [-0.39, 0.29) is 36.9 Å². The highest BCUT2D eigenvalue weighted by Crippen LogP contribution is 2.84. The summed E-state index contributed by atoms with van der Waals surface area (Å²) in [7, 11) is 0. The van der Waals surface area contributed by atoms with Gasteiger partial charge < -0.3 is 19.7 Å². The first-order valence-corrected chi connectivity index (χ1v) is 16.0. The van der Waals surface area contributed by atoms with Crippen LogP contribution in [-0.2, 0) is 0 Å². The highest BCUT2D eigenvalue weighted by Gasteiger charge is 2.93. The van der Waals surface area contributed by atoms with Gasteiger partial charge in [0.1, 0.15) is 11.5 Å². The Morgan fingerprint density at radius 3 is 1.13 bits per heavy atom. The summed E-state index contributed by atoms with van der Waals surface area (Å²) in [6.45, 7) is -0.460. The molecule has 232 valence electrons. The van der Waals surface area contributed by atoms with Crippen molar-refractivity contribution in [2.75, 3.05) is 13.2 Å². The molecule has 2 aliphatic carbocycles. The number of carbonyl (C=O) groups excluding carboxylic acids is 2. The molecule has 10 rings (SSSR count). The van der Waals surface area contributed by atoms with Crippen LogP contribution in [0, 0.1) is 22.7 Å². The number of carbonyl (C=O) groups is 2. The number of amides is 2. The predicted molar refractivity (Wildman–Crippen MR) is 168 cm³/mol. The number of aliphatic hydroxyl groups is 2. The molecule has 8 bridgehead atoms. The second kappa shape index (κ2) is 9.92. The molecule has 4 unspecified atom stereocenters. The average Bonchev–Trinajstić information content (AvgIpc) is 3.07. The Morgan fingerprint density at radius 2 is 0.826 bits per heavy atom. The van der Waals surface area contributed by atoms with E-state index in [0.29, 0.717) is 11.5 Å². The van der Waals surface area contributed by atoms with E-state index in [9.17, 15) is 19.8 Å². The molecule has 6 atom stereocenters. The molecule has 8 heteroatoms.